The van der Waals surface area contributed by atoms with Crippen molar-refractivity contribution in [3.05, 3.63) is 17.7 Å². The van der Waals surface area contributed by atoms with Crippen LogP contribution in [0.1, 0.15) is 11.6 Å². The predicted molar refractivity (Wildman–Crippen MR) is 54.1 cm³/mol. The van der Waals surface area contributed by atoms with E-state index in [2.05, 4.69) is 0 Å². The monoisotopic (exact) mass is 215 g/mol. The Morgan fingerprint density at radius 1 is 1.40 bits per heavy atom. The first-order chi connectivity index (χ1) is 7.13. The largest absolute Gasteiger partial charge is 0.507 e. The molecule has 0 bridgehead atoms. The SMILES string of the molecule is COc1cc(O)c([C@H](N)CF)c(OC)c1. The molecule has 15 heavy (non-hydrogen) atoms. The highest BCUT2D eigenvalue weighted by molar-refractivity contribution is 5.51. The van der Waals surface area contributed by atoms with E-state index in [1.807, 2.05) is 0 Å². The van der Waals surface area contributed by atoms with Crippen LogP contribution in [-0.2, 0) is 0 Å². The molecule has 84 valence electrons. The van der Waals surface area contributed by atoms with Crippen molar-refractivity contribution < 1.29 is 19.0 Å². The van der Waals surface area contributed by atoms with Crippen LogP contribution in [-0.4, -0.2) is 26.0 Å². The average molecular weight is 215 g/mol. The van der Waals surface area contributed by atoms with Crippen molar-refractivity contribution in [3.63, 3.8) is 0 Å². The number of phenolic OH excluding ortho intramolecular Hbond substituents is 1. The maximum Gasteiger partial charge on any atom is 0.131 e. The topological polar surface area (TPSA) is 64.7 Å². The number of phenols is 1. The number of aromatic hydroxyl groups is 1. The molecule has 0 aliphatic heterocycles. The fourth-order valence-corrected chi connectivity index (χ4v) is 1.32. The van der Waals surface area contributed by atoms with Gasteiger partial charge in [0, 0.05) is 12.1 Å². The van der Waals surface area contributed by atoms with E-state index in [0.29, 0.717) is 11.5 Å². The summed E-state index contributed by atoms with van der Waals surface area (Å²) >= 11 is 0. The predicted octanol–water partition coefficient (Wildman–Crippen LogP) is 1.38. The Bertz CT molecular complexity index is 344. The van der Waals surface area contributed by atoms with E-state index >= 15 is 0 Å². The van der Waals surface area contributed by atoms with Crippen molar-refractivity contribution in [3.8, 4) is 17.2 Å². The highest BCUT2D eigenvalue weighted by Gasteiger charge is 2.18. The summed E-state index contributed by atoms with van der Waals surface area (Å²) in [5, 5.41) is 9.63. The van der Waals surface area contributed by atoms with E-state index in [9.17, 15) is 9.50 Å². The molecule has 5 heteroatoms. The Balaban J connectivity index is 3.24. The van der Waals surface area contributed by atoms with Crippen molar-refractivity contribution in [2.24, 2.45) is 5.73 Å². The zero-order valence-electron chi connectivity index (χ0n) is 8.66. The molecule has 0 saturated heterocycles. The third-order valence-electron chi connectivity index (χ3n) is 2.09. The molecule has 0 fully saturated rings. The van der Waals surface area contributed by atoms with Crippen LogP contribution in [0.3, 0.4) is 0 Å². The van der Waals surface area contributed by atoms with E-state index in [0.717, 1.165) is 0 Å². The minimum absolute atomic E-state index is 0.128. The minimum atomic E-state index is -0.897. The normalized spacial score (nSPS) is 12.3. The lowest BCUT2D eigenvalue weighted by Crippen LogP contribution is -2.13. The average Bonchev–Trinajstić information content (AvgIpc) is 2.26. The van der Waals surface area contributed by atoms with Gasteiger partial charge >= 0.3 is 0 Å². The quantitative estimate of drug-likeness (QED) is 0.796. The van der Waals surface area contributed by atoms with E-state index in [-0.39, 0.29) is 11.3 Å². The molecular weight excluding hydrogens is 201 g/mol. The third kappa shape index (κ3) is 2.30. The van der Waals surface area contributed by atoms with Gasteiger partial charge in [0.15, 0.2) is 0 Å². The highest BCUT2D eigenvalue weighted by atomic mass is 19.1. The molecule has 0 saturated carbocycles. The molecular formula is C10H14FNO3. The van der Waals surface area contributed by atoms with Gasteiger partial charge in [0.2, 0.25) is 0 Å². The summed E-state index contributed by atoms with van der Waals surface area (Å²) in [6.45, 7) is -0.768. The van der Waals surface area contributed by atoms with Crippen LogP contribution >= 0.6 is 0 Å². The lowest BCUT2D eigenvalue weighted by molar-refractivity contribution is 0.362. The van der Waals surface area contributed by atoms with Crippen molar-refractivity contribution in [2.45, 2.75) is 6.04 Å². The van der Waals surface area contributed by atoms with E-state index in [1.54, 1.807) is 6.07 Å². The third-order valence-corrected chi connectivity index (χ3v) is 2.09. The van der Waals surface area contributed by atoms with Crippen LogP contribution in [0.15, 0.2) is 12.1 Å². The van der Waals surface area contributed by atoms with E-state index < -0.39 is 12.7 Å². The number of alkyl halides is 1. The number of rotatable bonds is 4. The summed E-state index contributed by atoms with van der Waals surface area (Å²) in [7, 11) is 2.88. The van der Waals surface area contributed by atoms with Gasteiger partial charge in [-0.3, -0.25) is 0 Å². The van der Waals surface area contributed by atoms with Gasteiger partial charge in [-0.25, -0.2) is 4.39 Å². The second-order valence-corrected chi connectivity index (χ2v) is 3.02. The summed E-state index contributed by atoms with van der Waals surface area (Å²) in [4.78, 5) is 0. The maximum atomic E-state index is 12.4. The van der Waals surface area contributed by atoms with Crippen LogP contribution < -0.4 is 15.2 Å². The first-order valence-electron chi connectivity index (χ1n) is 4.40. The highest BCUT2D eigenvalue weighted by Crippen LogP contribution is 2.36. The molecule has 0 heterocycles. The molecule has 1 rings (SSSR count). The second-order valence-electron chi connectivity index (χ2n) is 3.02. The number of ether oxygens (including phenoxy) is 2. The number of halogens is 1. The molecule has 0 unspecified atom stereocenters. The van der Waals surface area contributed by atoms with E-state index in [4.69, 9.17) is 15.2 Å². The van der Waals surface area contributed by atoms with Crippen LogP contribution in [0, 0.1) is 0 Å². The Morgan fingerprint density at radius 2 is 2.07 bits per heavy atom. The van der Waals surface area contributed by atoms with Crippen LogP contribution in [0.4, 0.5) is 4.39 Å². The van der Waals surface area contributed by atoms with Crippen LogP contribution in [0.25, 0.3) is 0 Å². The lowest BCUT2D eigenvalue weighted by atomic mass is 10.1. The Labute approximate surface area is 87.4 Å². The van der Waals surface area contributed by atoms with Crippen molar-refractivity contribution in [1.82, 2.24) is 0 Å². The maximum absolute atomic E-state index is 12.4. The van der Waals surface area contributed by atoms with Crippen molar-refractivity contribution in [2.75, 3.05) is 20.9 Å². The van der Waals surface area contributed by atoms with Crippen LogP contribution in [0.2, 0.25) is 0 Å². The van der Waals surface area contributed by atoms with Gasteiger partial charge < -0.3 is 20.3 Å². The van der Waals surface area contributed by atoms with Crippen LogP contribution in [0.5, 0.6) is 17.2 Å². The summed E-state index contributed by atoms with van der Waals surface area (Å²) in [5.74, 6) is 0.618. The molecule has 0 amide bonds. The molecule has 0 aliphatic carbocycles. The molecule has 0 aliphatic rings. The molecule has 1 aromatic carbocycles. The van der Waals surface area contributed by atoms with Gasteiger partial charge in [0.05, 0.1) is 25.8 Å². The van der Waals surface area contributed by atoms with Gasteiger partial charge in [-0.1, -0.05) is 0 Å². The Morgan fingerprint density at radius 3 is 2.53 bits per heavy atom. The standard InChI is InChI=1S/C10H14FNO3/c1-14-6-3-8(13)10(7(12)5-11)9(4-6)15-2/h3-4,7,13H,5,12H2,1-2H3/t7-/m1/s1. The van der Waals surface area contributed by atoms with Gasteiger partial charge in [0.1, 0.15) is 23.9 Å². The zero-order chi connectivity index (χ0) is 11.4. The number of hydrogen-bond donors (Lipinski definition) is 2. The van der Waals surface area contributed by atoms with Crippen molar-refractivity contribution >= 4 is 0 Å². The second kappa shape index (κ2) is 4.84. The molecule has 4 nitrogen and oxygen atoms in total. The van der Waals surface area contributed by atoms with Gasteiger partial charge in [-0.15, -0.1) is 0 Å². The first-order valence-corrected chi connectivity index (χ1v) is 4.40. The number of methoxy groups -OCH3 is 2. The Hall–Kier alpha value is -1.49. The first kappa shape index (κ1) is 11.6. The minimum Gasteiger partial charge on any atom is -0.507 e. The number of benzene rings is 1. The zero-order valence-corrected chi connectivity index (χ0v) is 8.66. The Kier molecular flexibility index (Phi) is 3.74. The molecule has 0 aromatic heterocycles. The summed E-state index contributed by atoms with van der Waals surface area (Å²) in [5.41, 5.74) is 5.76. The molecule has 1 atom stereocenters. The number of hydrogen-bond acceptors (Lipinski definition) is 4. The smallest absolute Gasteiger partial charge is 0.131 e. The van der Waals surface area contributed by atoms with Gasteiger partial charge in [0.25, 0.3) is 0 Å². The summed E-state index contributed by atoms with van der Waals surface area (Å²) < 4.78 is 22.4. The number of nitrogens with two attached hydrogens (primary N) is 1. The molecule has 3 N–H and O–H groups in total. The van der Waals surface area contributed by atoms with E-state index in [1.165, 1.54) is 20.3 Å². The molecule has 1 aromatic rings. The van der Waals surface area contributed by atoms with Gasteiger partial charge in [-0.2, -0.15) is 0 Å². The molecule has 0 spiro atoms. The van der Waals surface area contributed by atoms with Crippen molar-refractivity contribution in [1.29, 1.82) is 0 Å². The summed E-state index contributed by atoms with van der Waals surface area (Å²) in [6, 6.07) is 2.02. The summed E-state index contributed by atoms with van der Waals surface area (Å²) in [6.07, 6.45) is 0. The fourth-order valence-electron chi connectivity index (χ4n) is 1.32. The lowest BCUT2D eigenvalue weighted by Gasteiger charge is -2.15. The molecule has 0 radical (unpaired) electrons. The van der Waals surface area contributed by atoms with Gasteiger partial charge in [-0.05, 0) is 0 Å². The fraction of sp³-hybridized carbons (Fsp3) is 0.400.